The number of hydrogen-bond donors (Lipinski definition) is 1. The first-order chi connectivity index (χ1) is 12.1. The highest BCUT2D eigenvalue weighted by atomic mass is 16.5. The number of quaternary nitrogens is 1. The van der Waals surface area contributed by atoms with Gasteiger partial charge in [-0.05, 0) is 37.6 Å². The summed E-state index contributed by atoms with van der Waals surface area (Å²) in [7, 11) is 4.63. The zero-order valence-corrected chi connectivity index (χ0v) is 16.0. The van der Waals surface area contributed by atoms with E-state index in [1.165, 1.54) is 48.1 Å². The Labute approximate surface area is 152 Å². The third-order valence-electron chi connectivity index (χ3n) is 5.86. The smallest absolute Gasteiger partial charge is 0.102 e. The van der Waals surface area contributed by atoms with Crippen molar-refractivity contribution in [3.05, 3.63) is 23.8 Å². The van der Waals surface area contributed by atoms with Crippen LogP contribution in [-0.4, -0.2) is 82.5 Å². The molecule has 1 aromatic rings. The number of ether oxygens (including phenoxy) is 1. The van der Waals surface area contributed by atoms with Crippen LogP contribution in [0, 0.1) is 0 Å². The summed E-state index contributed by atoms with van der Waals surface area (Å²) in [5.74, 6) is 0. The van der Waals surface area contributed by atoms with Crippen LogP contribution in [0.3, 0.4) is 0 Å². The number of likely N-dealkylation sites (N-methyl/N-ethyl adjacent to an activating group) is 2. The number of rotatable bonds is 7. The second-order valence-electron chi connectivity index (χ2n) is 8.04. The Morgan fingerprint density at radius 2 is 2.04 bits per heavy atom. The number of nitrogens with two attached hydrogens (primary N) is 1. The fourth-order valence-electron chi connectivity index (χ4n) is 4.03. The van der Waals surface area contributed by atoms with Crippen molar-refractivity contribution in [1.82, 2.24) is 4.90 Å². The van der Waals surface area contributed by atoms with E-state index in [1.807, 2.05) is 6.07 Å². The number of hydrogen-bond acceptors (Lipinski definition) is 4. The maximum absolute atomic E-state index is 6.00. The predicted molar refractivity (Wildman–Crippen MR) is 105 cm³/mol. The van der Waals surface area contributed by atoms with Gasteiger partial charge in [0, 0.05) is 44.0 Å². The third kappa shape index (κ3) is 5.09. The summed E-state index contributed by atoms with van der Waals surface area (Å²) in [6, 6.07) is 6.38. The monoisotopic (exact) mass is 347 g/mol. The molecular formula is C20H35N4O+. The number of nitrogen functional groups attached to an aromatic ring is 1. The molecule has 0 radical (unpaired) electrons. The molecule has 0 aliphatic carbocycles. The molecule has 3 rings (SSSR count). The first-order valence-corrected chi connectivity index (χ1v) is 9.79. The maximum atomic E-state index is 6.00. The number of anilines is 2. The van der Waals surface area contributed by atoms with Gasteiger partial charge in [0.25, 0.3) is 0 Å². The second-order valence-corrected chi connectivity index (χ2v) is 8.04. The van der Waals surface area contributed by atoms with Crippen LogP contribution in [0.5, 0.6) is 0 Å². The van der Waals surface area contributed by atoms with Crippen molar-refractivity contribution in [3.63, 3.8) is 0 Å². The van der Waals surface area contributed by atoms with E-state index in [0.717, 1.165) is 51.6 Å². The molecule has 140 valence electrons. The SMILES string of the molecule is CN(CCC[N+]1(C)CCOCC1)CCN1CCCc2ccc(N)cc21. The largest absolute Gasteiger partial charge is 0.399 e. The highest BCUT2D eigenvalue weighted by Gasteiger charge is 2.24. The number of aryl methyl sites for hydroxylation is 1. The van der Waals surface area contributed by atoms with E-state index < -0.39 is 0 Å². The van der Waals surface area contributed by atoms with Gasteiger partial charge >= 0.3 is 0 Å². The van der Waals surface area contributed by atoms with Gasteiger partial charge in [0.15, 0.2) is 0 Å². The third-order valence-corrected chi connectivity index (χ3v) is 5.86. The Balaban J connectivity index is 1.42. The summed E-state index contributed by atoms with van der Waals surface area (Å²) < 4.78 is 6.67. The van der Waals surface area contributed by atoms with Gasteiger partial charge in [0.2, 0.25) is 0 Å². The highest BCUT2D eigenvalue weighted by Crippen LogP contribution is 2.28. The Kier molecular flexibility index (Phi) is 6.20. The average Bonchev–Trinajstić information content (AvgIpc) is 2.60. The van der Waals surface area contributed by atoms with Crippen molar-refractivity contribution < 1.29 is 9.22 Å². The summed E-state index contributed by atoms with van der Waals surface area (Å²) in [6.07, 6.45) is 3.69. The molecule has 0 spiro atoms. The van der Waals surface area contributed by atoms with Crippen LogP contribution in [0.1, 0.15) is 18.4 Å². The molecule has 0 atom stereocenters. The van der Waals surface area contributed by atoms with Crippen molar-refractivity contribution in [1.29, 1.82) is 0 Å². The van der Waals surface area contributed by atoms with Crippen molar-refractivity contribution >= 4 is 11.4 Å². The van der Waals surface area contributed by atoms with Crippen molar-refractivity contribution in [2.45, 2.75) is 19.3 Å². The van der Waals surface area contributed by atoms with Gasteiger partial charge in [-0.2, -0.15) is 0 Å². The molecule has 0 saturated carbocycles. The van der Waals surface area contributed by atoms with E-state index in [0.29, 0.717) is 0 Å². The molecule has 2 aliphatic rings. The number of morpholine rings is 1. The van der Waals surface area contributed by atoms with E-state index in [4.69, 9.17) is 10.5 Å². The maximum Gasteiger partial charge on any atom is 0.102 e. The molecule has 25 heavy (non-hydrogen) atoms. The predicted octanol–water partition coefficient (Wildman–Crippen LogP) is 1.82. The van der Waals surface area contributed by atoms with Crippen LogP contribution < -0.4 is 10.6 Å². The second kappa shape index (κ2) is 8.39. The Bertz CT molecular complexity index is 557. The molecular weight excluding hydrogens is 312 g/mol. The van der Waals surface area contributed by atoms with Crippen molar-refractivity contribution in [2.75, 3.05) is 83.8 Å². The molecule has 5 heteroatoms. The van der Waals surface area contributed by atoms with Gasteiger partial charge in [-0.1, -0.05) is 6.07 Å². The van der Waals surface area contributed by atoms with Gasteiger partial charge in [-0.25, -0.2) is 0 Å². The zero-order valence-electron chi connectivity index (χ0n) is 16.0. The zero-order chi connectivity index (χ0) is 17.7. The Morgan fingerprint density at radius 1 is 1.24 bits per heavy atom. The van der Waals surface area contributed by atoms with E-state index in [9.17, 15) is 0 Å². The standard InChI is InChI=1S/C20H35N4O/c1-22(8-4-12-24(2)13-15-25-16-14-24)10-11-23-9-3-5-18-6-7-19(21)17-20(18)23/h6-7,17H,3-5,8-16,21H2,1-2H3/q+1. The minimum Gasteiger partial charge on any atom is -0.399 e. The normalized spacial score (nSPS) is 19.9. The van der Waals surface area contributed by atoms with E-state index in [-0.39, 0.29) is 0 Å². The first-order valence-electron chi connectivity index (χ1n) is 9.79. The minimum absolute atomic E-state index is 0.876. The summed E-state index contributed by atoms with van der Waals surface area (Å²) in [5.41, 5.74) is 9.68. The van der Waals surface area contributed by atoms with E-state index >= 15 is 0 Å². The lowest BCUT2D eigenvalue weighted by Gasteiger charge is -2.38. The van der Waals surface area contributed by atoms with Crippen LogP contribution in [0.15, 0.2) is 18.2 Å². The lowest BCUT2D eigenvalue weighted by molar-refractivity contribution is -0.917. The molecule has 1 saturated heterocycles. The van der Waals surface area contributed by atoms with Crippen LogP contribution in [0.25, 0.3) is 0 Å². The number of nitrogens with zero attached hydrogens (tertiary/aromatic N) is 3. The van der Waals surface area contributed by atoms with E-state index in [2.05, 4.69) is 36.0 Å². The molecule has 0 aromatic heterocycles. The van der Waals surface area contributed by atoms with Crippen molar-refractivity contribution in [2.24, 2.45) is 0 Å². The molecule has 2 heterocycles. The quantitative estimate of drug-likeness (QED) is 0.603. The first kappa shape index (κ1) is 18.5. The molecule has 0 amide bonds. The lowest BCUT2D eigenvalue weighted by atomic mass is 10.0. The Morgan fingerprint density at radius 3 is 2.84 bits per heavy atom. The van der Waals surface area contributed by atoms with Crippen LogP contribution >= 0.6 is 0 Å². The molecule has 5 nitrogen and oxygen atoms in total. The molecule has 1 aromatic carbocycles. The van der Waals surface area contributed by atoms with Gasteiger partial charge < -0.3 is 24.8 Å². The van der Waals surface area contributed by atoms with Gasteiger partial charge in [0.05, 0.1) is 26.8 Å². The van der Waals surface area contributed by atoms with Crippen LogP contribution in [-0.2, 0) is 11.2 Å². The Hall–Kier alpha value is -1.30. The minimum atomic E-state index is 0.876. The topological polar surface area (TPSA) is 41.7 Å². The lowest BCUT2D eigenvalue weighted by Crippen LogP contribution is -2.52. The number of benzene rings is 1. The summed E-state index contributed by atoms with van der Waals surface area (Å²) in [5, 5.41) is 0. The molecule has 0 unspecified atom stereocenters. The molecule has 1 fully saturated rings. The van der Waals surface area contributed by atoms with Gasteiger partial charge in [-0.15, -0.1) is 0 Å². The molecule has 0 bridgehead atoms. The summed E-state index contributed by atoms with van der Waals surface area (Å²) >= 11 is 0. The fraction of sp³-hybridized carbons (Fsp3) is 0.700. The molecule has 2 aliphatic heterocycles. The fourth-order valence-corrected chi connectivity index (χ4v) is 4.03. The highest BCUT2D eigenvalue weighted by molar-refractivity contribution is 5.62. The van der Waals surface area contributed by atoms with Crippen LogP contribution in [0.2, 0.25) is 0 Å². The average molecular weight is 348 g/mol. The van der Waals surface area contributed by atoms with Crippen LogP contribution in [0.4, 0.5) is 11.4 Å². The number of fused-ring (bicyclic) bond motifs is 1. The van der Waals surface area contributed by atoms with E-state index in [1.54, 1.807) is 0 Å². The van der Waals surface area contributed by atoms with Gasteiger partial charge in [-0.3, -0.25) is 0 Å². The summed E-state index contributed by atoms with van der Waals surface area (Å²) in [4.78, 5) is 4.99. The van der Waals surface area contributed by atoms with Gasteiger partial charge in [0.1, 0.15) is 13.1 Å². The van der Waals surface area contributed by atoms with Crippen molar-refractivity contribution in [3.8, 4) is 0 Å². The molecule has 2 N–H and O–H groups in total. The summed E-state index contributed by atoms with van der Waals surface area (Å²) in [6.45, 7) is 9.95.